The Morgan fingerprint density at radius 3 is 0.776 bits per heavy atom. The van der Waals surface area contributed by atoms with Gasteiger partial charge in [-0.25, -0.2) is 0 Å². The van der Waals surface area contributed by atoms with Crippen LogP contribution >= 0.6 is 47.0 Å². The lowest BCUT2D eigenvalue weighted by atomic mass is 9.92. The zero-order chi connectivity index (χ0) is 38.2. The average Bonchev–Trinajstić information content (AvgIpc) is 3.89. The van der Waals surface area contributed by atoms with Crippen LogP contribution in [0.15, 0.2) is 174 Å². The molecule has 0 unspecified atom stereocenters. The normalized spacial score (nSPS) is 16.4. The molecule has 0 radical (unpaired) electrons. The largest absolute Gasteiger partial charge is 0.488 e. The van der Waals surface area contributed by atoms with Crippen molar-refractivity contribution in [3.63, 3.8) is 0 Å². The molecule has 8 aromatic rings. The SMILES string of the molecule is c1ccc2c3c(ccc2c1)OCC1=C(COc2ccc4ccccc4c2-3)SC(=C2SC3=C(COc4ccc5ccccc5c4-c4c(ccc5ccccc45)OC3)S2)S1. The highest BCUT2D eigenvalue weighted by Gasteiger charge is 2.33. The van der Waals surface area contributed by atoms with E-state index in [2.05, 4.69) is 146 Å². The number of thioether (sulfide) groups is 4. The second-order valence-electron chi connectivity index (χ2n) is 14.5. The van der Waals surface area contributed by atoms with Gasteiger partial charge in [0, 0.05) is 41.9 Å². The second kappa shape index (κ2) is 14.2. The number of rotatable bonds is 0. The molecule has 280 valence electrons. The fourth-order valence-electron chi connectivity index (χ4n) is 8.42. The Labute approximate surface area is 352 Å². The van der Waals surface area contributed by atoms with Gasteiger partial charge in [0.15, 0.2) is 0 Å². The maximum Gasteiger partial charge on any atom is 0.128 e. The summed E-state index contributed by atoms with van der Waals surface area (Å²) in [7, 11) is 0. The van der Waals surface area contributed by atoms with Crippen LogP contribution in [0.1, 0.15) is 0 Å². The van der Waals surface area contributed by atoms with Crippen molar-refractivity contribution in [2.75, 3.05) is 26.4 Å². The van der Waals surface area contributed by atoms with Gasteiger partial charge in [0.1, 0.15) is 49.4 Å². The molecule has 0 saturated carbocycles. The van der Waals surface area contributed by atoms with E-state index in [1.807, 2.05) is 0 Å². The van der Waals surface area contributed by atoms with E-state index in [-0.39, 0.29) is 0 Å². The van der Waals surface area contributed by atoms with Gasteiger partial charge in [0.05, 0.1) is 8.47 Å². The zero-order valence-corrected chi connectivity index (χ0v) is 34.2. The van der Waals surface area contributed by atoms with Crippen molar-refractivity contribution in [1.29, 1.82) is 0 Å². The number of fused-ring (bicyclic) bond motifs is 14. The molecule has 4 heterocycles. The van der Waals surface area contributed by atoms with Gasteiger partial charge in [-0.05, 0) is 67.4 Å². The highest BCUT2D eigenvalue weighted by Crippen LogP contribution is 2.61. The van der Waals surface area contributed by atoms with Crippen molar-refractivity contribution >= 4 is 90.1 Å². The average molecular weight is 825 g/mol. The summed E-state index contributed by atoms with van der Waals surface area (Å²) in [6, 6.07) is 51.3. The van der Waals surface area contributed by atoms with Gasteiger partial charge < -0.3 is 18.9 Å². The summed E-state index contributed by atoms with van der Waals surface area (Å²) in [6.45, 7) is 1.84. The zero-order valence-electron chi connectivity index (χ0n) is 31.0. The van der Waals surface area contributed by atoms with Crippen LogP contribution in [0.2, 0.25) is 0 Å². The molecule has 0 fully saturated rings. The molecule has 4 aliphatic rings. The van der Waals surface area contributed by atoms with Gasteiger partial charge in [0.25, 0.3) is 0 Å². The molecule has 58 heavy (non-hydrogen) atoms. The summed E-state index contributed by atoms with van der Waals surface area (Å²) < 4.78 is 29.9. The fraction of sp³-hybridized carbons (Fsp3) is 0.0800. The molecule has 0 aromatic heterocycles. The van der Waals surface area contributed by atoms with Gasteiger partial charge in [-0.2, -0.15) is 0 Å². The van der Waals surface area contributed by atoms with E-state index in [0.717, 1.165) is 66.8 Å². The number of hydrogen-bond donors (Lipinski definition) is 0. The van der Waals surface area contributed by atoms with Gasteiger partial charge in [-0.15, -0.1) is 0 Å². The van der Waals surface area contributed by atoms with Crippen molar-refractivity contribution in [1.82, 2.24) is 0 Å². The van der Waals surface area contributed by atoms with Crippen LogP contribution in [0.4, 0.5) is 0 Å². The van der Waals surface area contributed by atoms with Crippen LogP contribution in [0.3, 0.4) is 0 Å². The molecule has 12 rings (SSSR count). The first-order chi connectivity index (χ1) is 28.7. The fourth-order valence-corrected chi connectivity index (χ4v) is 13.8. The first-order valence-electron chi connectivity index (χ1n) is 19.2. The van der Waals surface area contributed by atoms with Crippen molar-refractivity contribution in [2.24, 2.45) is 0 Å². The van der Waals surface area contributed by atoms with E-state index < -0.39 is 0 Å². The lowest BCUT2D eigenvalue weighted by Crippen LogP contribution is -2.08. The van der Waals surface area contributed by atoms with Crippen LogP contribution < -0.4 is 18.9 Å². The minimum atomic E-state index is 0.461. The Kier molecular flexibility index (Phi) is 8.46. The highest BCUT2D eigenvalue weighted by atomic mass is 32.2. The van der Waals surface area contributed by atoms with Crippen LogP contribution in [-0.2, 0) is 0 Å². The van der Waals surface area contributed by atoms with Crippen LogP contribution in [0, 0.1) is 0 Å². The maximum atomic E-state index is 6.85. The van der Waals surface area contributed by atoms with Gasteiger partial charge >= 0.3 is 0 Å². The minimum Gasteiger partial charge on any atom is -0.488 e. The summed E-state index contributed by atoms with van der Waals surface area (Å²) in [4.78, 5) is 4.72. The predicted octanol–water partition coefficient (Wildman–Crippen LogP) is 14.4. The number of benzene rings is 8. The van der Waals surface area contributed by atoms with E-state index in [9.17, 15) is 0 Å². The summed E-state index contributed by atoms with van der Waals surface area (Å²) in [5, 5.41) is 9.29. The minimum absolute atomic E-state index is 0.461. The van der Waals surface area contributed by atoms with Gasteiger partial charge in [-0.3, -0.25) is 0 Å². The van der Waals surface area contributed by atoms with Crippen LogP contribution in [0.25, 0.3) is 65.3 Å². The van der Waals surface area contributed by atoms with E-state index >= 15 is 0 Å². The first kappa shape index (κ1) is 34.6. The molecule has 8 aromatic carbocycles. The lowest BCUT2D eigenvalue weighted by molar-refractivity contribution is 0.343. The standard InChI is InChI=1S/C50H32O4S4/c1-5-13-33-29(9-1)17-21-37-45(33)46-34-14-6-2-10-30(34)18-22-38(46)52-26-42-41(25-51-37)55-49(56-42)50-57-43-27-53-39-23-19-31-11-3-7-15-35(31)47(39)48-36-16-8-4-12-32(36)20-24-40(48)54-28-44(43)58-50/h1-24H,25-28H2. The molecule has 0 amide bonds. The summed E-state index contributed by atoms with van der Waals surface area (Å²) in [5.41, 5.74) is 4.30. The molecule has 0 saturated heterocycles. The van der Waals surface area contributed by atoms with Crippen molar-refractivity contribution in [3.05, 3.63) is 174 Å². The third-order valence-electron chi connectivity index (χ3n) is 11.2. The topological polar surface area (TPSA) is 36.9 Å². The molecule has 0 N–H and O–H groups in total. The Hall–Kier alpha value is -5.38. The van der Waals surface area contributed by atoms with Crippen LogP contribution in [-0.4, -0.2) is 26.4 Å². The number of ether oxygens (including phenoxy) is 4. The molecular formula is C50H32O4S4. The molecule has 0 aliphatic carbocycles. The Morgan fingerprint density at radius 1 is 0.276 bits per heavy atom. The third kappa shape index (κ3) is 5.80. The molecule has 0 bridgehead atoms. The van der Waals surface area contributed by atoms with Crippen molar-refractivity contribution in [3.8, 4) is 45.3 Å². The van der Waals surface area contributed by atoms with Crippen molar-refractivity contribution < 1.29 is 18.9 Å². The molecule has 4 aliphatic heterocycles. The molecule has 0 atom stereocenters. The van der Waals surface area contributed by atoms with Gasteiger partial charge in [0.2, 0.25) is 0 Å². The number of hydrogen-bond acceptors (Lipinski definition) is 8. The van der Waals surface area contributed by atoms with E-state index in [4.69, 9.17) is 18.9 Å². The summed E-state index contributed by atoms with van der Waals surface area (Å²) in [5.74, 6) is 3.43. The lowest BCUT2D eigenvalue weighted by Gasteiger charge is -2.21. The third-order valence-corrected chi connectivity index (χ3v) is 16.9. The Morgan fingerprint density at radius 2 is 0.517 bits per heavy atom. The maximum absolute atomic E-state index is 6.85. The Balaban J connectivity index is 0.893. The van der Waals surface area contributed by atoms with E-state index in [0.29, 0.717) is 26.4 Å². The molecular weight excluding hydrogens is 793 g/mol. The van der Waals surface area contributed by atoms with Gasteiger partial charge in [-0.1, -0.05) is 168 Å². The second-order valence-corrected chi connectivity index (χ2v) is 19.4. The highest BCUT2D eigenvalue weighted by molar-refractivity contribution is 8.34. The molecule has 8 heteroatoms. The monoisotopic (exact) mass is 824 g/mol. The van der Waals surface area contributed by atoms with E-state index in [1.54, 1.807) is 47.0 Å². The summed E-state index contributed by atoms with van der Waals surface area (Å²) >= 11 is 7.22. The quantitative estimate of drug-likeness (QED) is 0.150. The van der Waals surface area contributed by atoms with E-state index in [1.165, 1.54) is 49.6 Å². The smallest absolute Gasteiger partial charge is 0.128 e. The Bertz CT molecular complexity index is 2730. The first-order valence-corrected chi connectivity index (χ1v) is 22.5. The molecule has 4 nitrogen and oxygen atoms in total. The summed E-state index contributed by atoms with van der Waals surface area (Å²) in [6.07, 6.45) is 0. The molecule has 0 spiro atoms. The van der Waals surface area contributed by atoms with Crippen molar-refractivity contribution in [2.45, 2.75) is 0 Å². The predicted molar refractivity (Wildman–Crippen MR) is 247 cm³/mol. The van der Waals surface area contributed by atoms with Crippen LogP contribution in [0.5, 0.6) is 23.0 Å².